The summed E-state index contributed by atoms with van der Waals surface area (Å²) in [5, 5.41) is 0.227. The molecule has 0 spiro atoms. The van der Waals surface area contributed by atoms with Gasteiger partial charge in [-0.2, -0.15) is 0 Å². The zero-order valence-corrected chi connectivity index (χ0v) is 17.2. The normalized spacial score (nSPS) is 21.6. The van der Waals surface area contributed by atoms with Crippen LogP contribution in [0.2, 0.25) is 0 Å². The van der Waals surface area contributed by atoms with Gasteiger partial charge >= 0.3 is 0 Å². The van der Waals surface area contributed by atoms with Crippen LogP contribution < -0.4 is 11.2 Å². The van der Waals surface area contributed by atoms with E-state index in [0.717, 1.165) is 42.5 Å². The second kappa shape index (κ2) is 8.01. The van der Waals surface area contributed by atoms with Gasteiger partial charge in [0.1, 0.15) is 11.5 Å². The van der Waals surface area contributed by atoms with E-state index in [-0.39, 0.29) is 34.2 Å². The molecule has 156 valence electrons. The molecule has 3 aromatic rings. The van der Waals surface area contributed by atoms with Crippen molar-refractivity contribution in [3.05, 3.63) is 75.1 Å². The Morgan fingerprint density at radius 2 is 2.03 bits per heavy atom. The number of pyridine rings is 2. The smallest absolute Gasteiger partial charge is 0.268 e. The van der Waals surface area contributed by atoms with Crippen LogP contribution in [0.15, 0.2) is 41.3 Å². The summed E-state index contributed by atoms with van der Waals surface area (Å²) in [6, 6.07) is 8.33. The van der Waals surface area contributed by atoms with Crippen LogP contribution in [0.5, 0.6) is 0 Å². The standard InChI is InChI=1S/C24H26FN3O2/c1-3-14-11-15(25)5-7-16(14)18-10-13(2)4-6-17(18)20-12-21(29)22-19(28-20)8-9-27-23(22)24(26)30/h5,7-9,11-13,17-18H,3-4,6,10H2,1-2H3,(H2,26,30)(H,28,29)/t13-,17?,18+/m1/s1. The first kappa shape index (κ1) is 20.3. The van der Waals surface area contributed by atoms with Crippen LogP contribution in [0.25, 0.3) is 10.9 Å². The predicted octanol–water partition coefficient (Wildman–Crippen LogP) is 4.41. The molecule has 2 heterocycles. The van der Waals surface area contributed by atoms with Gasteiger partial charge in [0.25, 0.3) is 5.91 Å². The minimum atomic E-state index is -0.720. The molecule has 2 aromatic heterocycles. The van der Waals surface area contributed by atoms with Crippen molar-refractivity contribution in [1.82, 2.24) is 9.97 Å². The second-order valence-electron chi connectivity index (χ2n) is 8.36. The van der Waals surface area contributed by atoms with Gasteiger partial charge in [-0.1, -0.05) is 26.3 Å². The maximum Gasteiger partial charge on any atom is 0.268 e. The van der Waals surface area contributed by atoms with E-state index in [2.05, 4.69) is 16.9 Å². The fraction of sp³-hybridized carbons (Fsp3) is 0.375. The van der Waals surface area contributed by atoms with Gasteiger partial charge in [-0.05, 0) is 60.4 Å². The van der Waals surface area contributed by atoms with Crippen molar-refractivity contribution in [3.63, 3.8) is 0 Å². The quantitative estimate of drug-likeness (QED) is 0.671. The third-order valence-corrected chi connectivity index (χ3v) is 6.39. The monoisotopic (exact) mass is 407 g/mol. The summed E-state index contributed by atoms with van der Waals surface area (Å²) in [6.45, 7) is 4.28. The Morgan fingerprint density at radius 1 is 1.23 bits per heavy atom. The number of aromatic nitrogens is 2. The lowest BCUT2D eigenvalue weighted by molar-refractivity contribution is 0.0997. The van der Waals surface area contributed by atoms with Crippen molar-refractivity contribution in [3.8, 4) is 0 Å². The van der Waals surface area contributed by atoms with Crippen LogP contribution in [0, 0.1) is 11.7 Å². The van der Waals surface area contributed by atoms with Crippen LogP contribution in [-0.4, -0.2) is 15.9 Å². The van der Waals surface area contributed by atoms with E-state index in [1.54, 1.807) is 18.2 Å². The number of amides is 1. The number of nitrogens with two attached hydrogens (primary N) is 1. The van der Waals surface area contributed by atoms with E-state index in [9.17, 15) is 14.0 Å². The average molecular weight is 407 g/mol. The summed E-state index contributed by atoms with van der Waals surface area (Å²) < 4.78 is 13.8. The highest BCUT2D eigenvalue weighted by molar-refractivity contribution is 6.03. The number of carbonyl (C=O) groups excluding carboxylic acids is 1. The third kappa shape index (κ3) is 3.62. The van der Waals surface area contributed by atoms with Crippen molar-refractivity contribution >= 4 is 16.8 Å². The molecule has 6 heteroatoms. The Kier molecular flexibility index (Phi) is 5.41. The predicted molar refractivity (Wildman–Crippen MR) is 115 cm³/mol. The summed E-state index contributed by atoms with van der Waals surface area (Å²) in [6.07, 6.45) is 5.21. The van der Waals surface area contributed by atoms with E-state index < -0.39 is 5.91 Å². The summed E-state index contributed by atoms with van der Waals surface area (Å²) >= 11 is 0. The molecule has 0 radical (unpaired) electrons. The van der Waals surface area contributed by atoms with Gasteiger partial charge in [0, 0.05) is 23.9 Å². The van der Waals surface area contributed by atoms with E-state index >= 15 is 0 Å². The molecule has 30 heavy (non-hydrogen) atoms. The highest BCUT2D eigenvalue weighted by Crippen LogP contribution is 2.46. The summed E-state index contributed by atoms with van der Waals surface area (Å²) in [7, 11) is 0. The second-order valence-corrected chi connectivity index (χ2v) is 8.36. The molecule has 1 fully saturated rings. The lowest BCUT2D eigenvalue weighted by Gasteiger charge is -2.36. The van der Waals surface area contributed by atoms with Gasteiger partial charge in [-0.3, -0.25) is 14.6 Å². The van der Waals surface area contributed by atoms with Gasteiger partial charge in [-0.25, -0.2) is 4.39 Å². The maximum atomic E-state index is 13.8. The molecule has 0 saturated heterocycles. The number of H-pyrrole nitrogens is 1. The van der Waals surface area contributed by atoms with Crippen LogP contribution in [-0.2, 0) is 6.42 Å². The highest BCUT2D eigenvalue weighted by atomic mass is 19.1. The SMILES string of the molecule is CCc1cc(F)ccc1[C@@H]1C[C@H](C)CCC1c1cc(=O)c2c(C(N)=O)nccc2[nH]1. The number of nitrogens with one attached hydrogen (secondary N) is 1. The molecule has 1 saturated carbocycles. The molecule has 5 nitrogen and oxygen atoms in total. The topological polar surface area (TPSA) is 88.8 Å². The largest absolute Gasteiger partial charge is 0.364 e. The molecule has 4 rings (SSSR count). The lowest BCUT2D eigenvalue weighted by Crippen LogP contribution is -2.24. The number of benzene rings is 1. The van der Waals surface area contributed by atoms with E-state index in [1.165, 1.54) is 12.3 Å². The first-order chi connectivity index (χ1) is 14.4. The molecule has 1 aliphatic rings. The molecule has 0 bridgehead atoms. The fourth-order valence-electron chi connectivity index (χ4n) is 4.95. The number of aryl methyl sites for hydroxylation is 1. The average Bonchev–Trinajstić information content (AvgIpc) is 2.72. The molecular formula is C24H26FN3O2. The molecule has 1 amide bonds. The Morgan fingerprint density at radius 3 is 2.77 bits per heavy atom. The maximum absolute atomic E-state index is 13.8. The minimum absolute atomic E-state index is 0.0130. The molecule has 1 aliphatic carbocycles. The van der Waals surface area contributed by atoms with Crippen molar-refractivity contribution in [2.75, 3.05) is 0 Å². The van der Waals surface area contributed by atoms with Crippen molar-refractivity contribution < 1.29 is 9.18 Å². The number of aromatic amines is 1. The van der Waals surface area contributed by atoms with Gasteiger partial charge in [0.05, 0.1) is 10.9 Å². The van der Waals surface area contributed by atoms with Crippen LogP contribution in [0.4, 0.5) is 4.39 Å². The molecule has 0 aliphatic heterocycles. The number of nitrogens with zero attached hydrogens (tertiary/aromatic N) is 1. The number of halogens is 1. The zero-order valence-electron chi connectivity index (χ0n) is 17.2. The number of hydrogen-bond acceptors (Lipinski definition) is 3. The fourth-order valence-corrected chi connectivity index (χ4v) is 4.95. The van der Waals surface area contributed by atoms with Gasteiger partial charge in [0.2, 0.25) is 0 Å². The Hall–Kier alpha value is -3.02. The first-order valence-electron chi connectivity index (χ1n) is 10.5. The van der Waals surface area contributed by atoms with E-state index in [4.69, 9.17) is 5.73 Å². The molecule has 3 N–H and O–H groups in total. The summed E-state index contributed by atoms with van der Waals surface area (Å²) in [4.78, 5) is 32.0. The number of primary amides is 1. The Balaban J connectivity index is 1.84. The van der Waals surface area contributed by atoms with Crippen molar-refractivity contribution in [2.24, 2.45) is 11.7 Å². The third-order valence-electron chi connectivity index (χ3n) is 6.39. The van der Waals surface area contributed by atoms with Gasteiger partial charge in [0.15, 0.2) is 5.43 Å². The highest BCUT2D eigenvalue weighted by Gasteiger charge is 2.33. The number of carbonyl (C=O) groups is 1. The minimum Gasteiger partial charge on any atom is -0.364 e. The van der Waals surface area contributed by atoms with Crippen LogP contribution >= 0.6 is 0 Å². The van der Waals surface area contributed by atoms with Crippen LogP contribution in [0.3, 0.4) is 0 Å². The number of rotatable bonds is 4. The molecule has 3 atom stereocenters. The van der Waals surface area contributed by atoms with E-state index in [1.807, 2.05) is 13.0 Å². The van der Waals surface area contributed by atoms with E-state index in [0.29, 0.717) is 11.4 Å². The lowest BCUT2D eigenvalue weighted by atomic mass is 9.69. The summed E-state index contributed by atoms with van der Waals surface area (Å²) in [5.74, 6) is -0.0864. The Labute approximate surface area is 174 Å². The number of fused-ring (bicyclic) bond motifs is 1. The Bertz CT molecular complexity index is 1170. The van der Waals surface area contributed by atoms with Crippen molar-refractivity contribution in [1.29, 1.82) is 0 Å². The van der Waals surface area contributed by atoms with Crippen molar-refractivity contribution in [2.45, 2.75) is 51.4 Å². The molecule has 1 unspecified atom stereocenters. The number of hydrogen-bond donors (Lipinski definition) is 2. The molecule has 1 aromatic carbocycles. The van der Waals surface area contributed by atoms with Gasteiger partial charge in [-0.15, -0.1) is 0 Å². The van der Waals surface area contributed by atoms with Crippen LogP contribution in [0.1, 0.15) is 72.3 Å². The zero-order chi connectivity index (χ0) is 21.4. The summed E-state index contributed by atoms with van der Waals surface area (Å²) in [5.41, 5.74) is 8.71. The van der Waals surface area contributed by atoms with Gasteiger partial charge < -0.3 is 10.7 Å². The molecular weight excluding hydrogens is 381 g/mol. The first-order valence-corrected chi connectivity index (χ1v) is 10.5.